The normalized spacial score (nSPS) is 11.2. The van der Waals surface area contributed by atoms with Crippen molar-refractivity contribution in [1.82, 2.24) is 5.32 Å². The first-order chi connectivity index (χ1) is 9.83. The van der Waals surface area contributed by atoms with Crippen molar-refractivity contribution in [1.29, 1.82) is 0 Å². The molecule has 6 heteroatoms. The van der Waals surface area contributed by atoms with Gasteiger partial charge in [0.2, 0.25) is 0 Å². The van der Waals surface area contributed by atoms with Crippen LogP contribution in [0.15, 0.2) is 18.2 Å². The zero-order chi connectivity index (χ0) is 15.9. The molecule has 0 aliphatic carbocycles. The monoisotopic (exact) mass is 312 g/mol. The average molecular weight is 312 g/mol. The van der Waals surface area contributed by atoms with Gasteiger partial charge >= 0.3 is 0 Å². The van der Waals surface area contributed by atoms with E-state index in [0.29, 0.717) is 18.5 Å². The van der Waals surface area contributed by atoms with Crippen LogP contribution in [-0.4, -0.2) is 39.4 Å². The van der Waals surface area contributed by atoms with Gasteiger partial charge < -0.3 is 10.6 Å². The van der Waals surface area contributed by atoms with Gasteiger partial charge in [-0.1, -0.05) is 18.6 Å². The number of anilines is 1. The van der Waals surface area contributed by atoms with E-state index < -0.39 is 9.84 Å². The van der Waals surface area contributed by atoms with Gasteiger partial charge in [0.05, 0.1) is 11.3 Å². The van der Waals surface area contributed by atoms with E-state index in [1.807, 2.05) is 25.1 Å². The molecule has 0 unspecified atom stereocenters. The van der Waals surface area contributed by atoms with Gasteiger partial charge in [0.25, 0.3) is 5.91 Å². The summed E-state index contributed by atoms with van der Waals surface area (Å²) in [5.41, 5.74) is 2.42. The maximum Gasteiger partial charge on any atom is 0.253 e. The van der Waals surface area contributed by atoms with Crippen LogP contribution in [0.4, 0.5) is 5.69 Å². The molecule has 0 atom stereocenters. The van der Waals surface area contributed by atoms with Gasteiger partial charge in [-0.15, -0.1) is 0 Å². The van der Waals surface area contributed by atoms with E-state index in [9.17, 15) is 13.2 Å². The standard InChI is InChI=1S/C15H24N2O3S/c1-4-8-16-14-7-6-12(2)11-13(14)15(18)17-9-5-10-21(3,19)20/h6-7,11,16H,4-5,8-10H2,1-3H3,(H,17,18). The minimum atomic E-state index is -2.98. The van der Waals surface area contributed by atoms with Crippen LogP contribution in [0.5, 0.6) is 0 Å². The Morgan fingerprint density at radius 1 is 1.24 bits per heavy atom. The Hall–Kier alpha value is -1.56. The Morgan fingerprint density at radius 3 is 2.57 bits per heavy atom. The summed E-state index contributed by atoms with van der Waals surface area (Å²) < 4.78 is 22.1. The second kappa shape index (κ2) is 8.02. The molecule has 0 aliphatic rings. The van der Waals surface area contributed by atoms with Crippen LogP contribution >= 0.6 is 0 Å². The molecular weight excluding hydrogens is 288 g/mol. The van der Waals surface area contributed by atoms with Crippen molar-refractivity contribution in [3.05, 3.63) is 29.3 Å². The predicted molar refractivity (Wildman–Crippen MR) is 86.6 cm³/mol. The first kappa shape index (κ1) is 17.5. The number of benzene rings is 1. The Bertz CT molecular complexity index is 583. The van der Waals surface area contributed by atoms with Gasteiger partial charge in [0.15, 0.2) is 0 Å². The van der Waals surface area contributed by atoms with Crippen LogP contribution in [0.2, 0.25) is 0 Å². The van der Waals surface area contributed by atoms with Gasteiger partial charge in [0.1, 0.15) is 9.84 Å². The first-order valence-corrected chi connectivity index (χ1v) is 9.20. The Morgan fingerprint density at radius 2 is 1.95 bits per heavy atom. The van der Waals surface area contributed by atoms with Crippen LogP contribution in [0.1, 0.15) is 35.7 Å². The maximum atomic E-state index is 12.2. The molecule has 2 N–H and O–H groups in total. The minimum Gasteiger partial charge on any atom is -0.384 e. The molecule has 1 rings (SSSR count). The molecule has 0 fully saturated rings. The number of carbonyl (C=O) groups excluding carboxylic acids is 1. The Balaban J connectivity index is 2.65. The van der Waals surface area contributed by atoms with Crippen LogP contribution in [0.3, 0.4) is 0 Å². The fourth-order valence-corrected chi connectivity index (χ4v) is 2.56. The molecule has 0 aliphatic heterocycles. The van der Waals surface area contributed by atoms with Crippen molar-refractivity contribution in [2.45, 2.75) is 26.7 Å². The lowest BCUT2D eigenvalue weighted by atomic mass is 10.1. The highest BCUT2D eigenvalue weighted by atomic mass is 32.2. The fourth-order valence-electron chi connectivity index (χ4n) is 1.89. The second-order valence-corrected chi connectivity index (χ2v) is 7.47. The number of hydrogen-bond donors (Lipinski definition) is 2. The van der Waals surface area contributed by atoms with Crippen molar-refractivity contribution in [3.63, 3.8) is 0 Å². The van der Waals surface area contributed by atoms with Gasteiger partial charge in [0, 0.05) is 25.0 Å². The molecule has 0 aromatic heterocycles. The summed E-state index contributed by atoms with van der Waals surface area (Å²) in [6.45, 7) is 5.15. The van der Waals surface area contributed by atoms with Crippen LogP contribution in [-0.2, 0) is 9.84 Å². The van der Waals surface area contributed by atoms with E-state index in [2.05, 4.69) is 17.6 Å². The molecular formula is C15H24N2O3S. The van der Waals surface area contributed by atoms with Crippen molar-refractivity contribution in [2.24, 2.45) is 0 Å². The van der Waals surface area contributed by atoms with Crippen LogP contribution in [0, 0.1) is 6.92 Å². The van der Waals surface area contributed by atoms with Crippen molar-refractivity contribution in [3.8, 4) is 0 Å². The molecule has 0 radical (unpaired) electrons. The number of nitrogens with one attached hydrogen (secondary N) is 2. The molecule has 118 valence electrons. The molecule has 0 spiro atoms. The molecule has 0 bridgehead atoms. The zero-order valence-corrected chi connectivity index (χ0v) is 13.7. The molecule has 5 nitrogen and oxygen atoms in total. The van der Waals surface area contributed by atoms with Crippen LogP contribution < -0.4 is 10.6 Å². The maximum absolute atomic E-state index is 12.2. The number of hydrogen-bond acceptors (Lipinski definition) is 4. The third-order valence-corrected chi connectivity index (χ3v) is 3.99. The minimum absolute atomic E-state index is 0.0854. The predicted octanol–water partition coefficient (Wildman–Crippen LogP) is 1.98. The smallest absolute Gasteiger partial charge is 0.253 e. The summed E-state index contributed by atoms with van der Waals surface area (Å²) in [5, 5.41) is 6.00. The highest BCUT2D eigenvalue weighted by Gasteiger charge is 2.11. The summed E-state index contributed by atoms with van der Waals surface area (Å²) in [4.78, 5) is 12.2. The van der Waals surface area contributed by atoms with E-state index in [4.69, 9.17) is 0 Å². The van der Waals surface area contributed by atoms with Crippen LogP contribution in [0.25, 0.3) is 0 Å². The molecule has 1 aromatic rings. The number of rotatable bonds is 8. The SMILES string of the molecule is CCCNc1ccc(C)cc1C(=O)NCCCS(C)(=O)=O. The quantitative estimate of drug-likeness (QED) is 0.720. The van der Waals surface area contributed by atoms with Gasteiger partial charge in [-0.25, -0.2) is 8.42 Å². The number of amides is 1. The Labute approximate surface area is 127 Å². The number of sulfone groups is 1. The van der Waals surface area contributed by atoms with Crippen molar-refractivity contribution < 1.29 is 13.2 Å². The molecule has 1 aromatic carbocycles. The van der Waals surface area contributed by atoms with Crippen molar-refractivity contribution in [2.75, 3.05) is 30.4 Å². The lowest BCUT2D eigenvalue weighted by molar-refractivity contribution is 0.0954. The number of aryl methyl sites for hydroxylation is 1. The molecule has 21 heavy (non-hydrogen) atoms. The lowest BCUT2D eigenvalue weighted by Gasteiger charge is -2.12. The molecule has 1 amide bonds. The van der Waals surface area contributed by atoms with Gasteiger partial charge in [-0.05, 0) is 31.9 Å². The highest BCUT2D eigenvalue weighted by molar-refractivity contribution is 7.90. The molecule has 0 heterocycles. The summed E-state index contributed by atoms with van der Waals surface area (Å²) in [6, 6.07) is 5.69. The molecule has 0 saturated heterocycles. The third kappa shape index (κ3) is 6.62. The first-order valence-electron chi connectivity index (χ1n) is 7.14. The topological polar surface area (TPSA) is 75.3 Å². The van der Waals surface area contributed by atoms with E-state index in [-0.39, 0.29) is 11.7 Å². The van der Waals surface area contributed by atoms with Gasteiger partial charge in [-0.3, -0.25) is 4.79 Å². The van der Waals surface area contributed by atoms with E-state index >= 15 is 0 Å². The summed E-state index contributed by atoms with van der Waals surface area (Å²) in [7, 11) is -2.98. The fraction of sp³-hybridized carbons (Fsp3) is 0.533. The second-order valence-electron chi connectivity index (χ2n) is 5.22. The van der Waals surface area contributed by atoms with E-state index in [1.54, 1.807) is 0 Å². The summed E-state index contributed by atoms with van der Waals surface area (Å²) in [5.74, 6) is -0.0898. The summed E-state index contributed by atoms with van der Waals surface area (Å²) in [6.07, 6.45) is 2.60. The van der Waals surface area contributed by atoms with Gasteiger partial charge in [-0.2, -0.15) is 0 Å². The lowest BCUT2D eigenvalue weighted by Crippen LogP contribution is -2.27. The van der Waals surface area contributed by atoms with E-state index in [0.717, 1.165) is 24.2 Å². The Kier molecular flexibility index (Phi) is 6.68. The molecule has 0 saturated carbocycles. The summed E-state index contributed by atoms with van der Waals surface area (Å²) >= 11 is 0. The highest BCUT2D eigenvalue weighted by Crippen LogP contribution is 2.17. The van der Waals surface area contributed by atoms with E-state index in [1.165, 1.54) is 6.26 Å². The third-order valence-electron chi connectivity index (χ3n) is 2.96. The number of carbonyl (C=O) groups is 1. The largest absolute Gasteiger partial charge is 0.384 e. The average Bonchev–Trinajstić information content (AvgIpc) is 2.41. The van der Waals surface area contributed by atoms with Crippen molar-refractivity contribution >= 4 is 21.4 Å². The zero-order valence-electron chi connectivity index (χ0n) is 12.9.